The highest BCUT2D eigenvalue weighted by Gasteiger charge is 2.42. The summed E-state index contributed by atoms with van der Waals surface area (Å²) in [6.07, 6.45) is 1.86. The number of hydrogen-bond acceptors (Lipinski definition) is 3. The molecular weight excluding hydrogens is 250 g/mol. The van der Waals surface area contributed by atoms with Crippen LogP contribution in [0.5, 0.6) is 0 Å². The lowest BCUT2D eigenvalue weighted by Crippen LogP contribution is -2.49. The van der Waals surface area contributed by atoms with E-state index in [0.717, 1.165) is 24.3 Å². The molecule has 0 N–H and O–H groups in total. The first-order valence-electron chi connectivity index (χ1n) is 6.29. The highest BCUT2D eigenvalue weighted by atomic mass is 32.2. The zero-order chi connectivity index (χ0) is 12.4. The molecule has 2 aliphatic heterocycles. The van der Waals surface area contributed by atoms with Crippen LogP contribution in [0.4, 0.5) is 0 Å². The van der Waals surface area contributed by atoms with Crippen molar-refractivity contribution in [1.82, 2.24) is 4.31 Å². The quantitative estimate of drug-likeness (QED) is 0.816. The van der Waals surface area contributed by atoms with Crippen LogP contribution in [-0.2, 0) is 20.5 Å². The van der Waals surface area contributed by atoms with Crippen LogP contribution in [0.3, 0.4) is 0 Å². The number of benzene rings is 1. The molecule has 18 heavy (non-hydrogen) atoms. The van der Waals surface area contributed by atoms with Gasteiger partial charge >= 0.3 is 0 Å². The molecule has 0 bridgehead atoms. The van der Waals surface area contributed by atoms with E-state index in [1.54, 1.807) is 0 Å². The first-order valence-corrected chi connectivity index (χ1v) is 7.40. The van der Waals surface area contributed by atoms with Crippen molar-refractivity contribution in [2.45, 2.75) is 23.5 Å². The molecule has 4 nitrogen and oxygen atoms in total. The Labute approximate surface area is 109 Å². The van der Waals surface area contributed by atoms with E-state index in [9.17, 15) is 4.21 Å². The van der Waals surface area contributed by atoms with Gasteiger partial charge in [0.15, 0.2) is 5.79 Å². The van der Waals surface area contributed by atoms with E-state index in [-0.39, 0.29) is 0 Å². The monoisotopic (exact) mass is 267 g/mol. The average molecular weight is 267 g/mol. The summed E-state index contributed by atoms with van der Waals surface area (Å²) in [4.78, 5) is 0.840. The number of ether oxygens (including phenoxy) is 2. The summed E-state index contributed by atoms with van der Waals surface area (Å²) in [5.41, 5.74) is 0. The topological polar surface area (TPSA) is 38.8 Å². The molecule has 0 amide bonds. The maximum Gasteiger partial charge on any atom is 0.182 e. The second-order valence-corrected chi connectivity index (χ2v) is 6.12. The summed E-state index contributed by atoms with van der Waals surface area (Å²) < 4.78 is 25.8. The molecule has 2 fully saturated rings. The highest BCUT2D eigenvalue weighted by molar-refractivity contribution is 7.82. The second-order valence-electron chi connectivity index (χ2n) is 4.64. The smallest absolute Gasteiger partial charge is 0.182 e. The van der Waals surface area contributed by atoms with Crippen LogP contribution in [0, 0.1) is 0 Å². The summed E-state index contributed by atoms with van der Waals surface area (Å²) in [7, 11) is -1.12. The predicted octanol–water partition coefficient (Wildman–Crippen LogP) is 1.55. The fourth-order valence-electron chi connectivity index (χ4n) is 2.51. The van der Waals surface area contributed by atoms with Gasteiger partial charge in [0.25, 0.3) is 0 Å². The van der Waals surface area contributed by atoms with Gasteiger partial charge in [0, 0.05) is 13.0 Å². The minimum Gasteiger partial charge on any atom is -0.346 e. The third-order valence-corrected chi connectivity index (χ3v) is 4.83. The Morgan fingerprint density at radius 1 is 1.17 bits per heavy atom. The molecule has 98 valence electrons. The van der Waals surface area contributed by atoms with Crippen molar-refractivity contribution in [3.63, 3.8) is 0 Å². The molecule has 5 heteroatoms. The van der Waals surface area contributed by atoms with E-state index in [2.05, 4.69) is 0 Å². The van der Waals surface area contributed by atoms with Gasteiger partial charge in [-0.15, -0.1) is 0 Å². The largest absolute Gasteiger partial charge is 0.346 e. The summed E-state index contributed by atoms with van der Waals surface area (Å²) in [6, 6.07) is 9.55. The van der Waals surface area contributed by atoms with Crippen LogP contribution < -0.4 is 0 Å². The maximum atomic E-state index is 12.5. The molecule has 1 spiro atoms. The number of hydrogen-bond donors (Lipinski definition) is 0. The third kappa shape index (κ3) is 2.36. The lowest BCUT2D eigenvalue weighted by atomic mass is 10.1. The minimum atomic E-state index is -1.12. The molecular formula is C13H17NO3S. The van der Waals surface area contributed by atoms with Crippen LogP contribution in [0.1, 0.15) is 12.8 Å². The van der Waals surface area contributed by atoms with E-state index in [1.165, 1.54) is 0 Å². The van der Waals surface area contributed by atoms with E-state index >= 15 is 0 Å². The maximum absolute atomic E-state index is 12.5. The van der Waals surface area contributed by atoms with E-state index in [0.29, 0.717) is 19.8 Å². The van der Waals surface area contributed by atoms with Gasteiger partial charge in [-0.25, -0.2) is 8.51 Å². The lowest BCUT2D eigenvalue weighted by Gasteiger charge is -2.37. The zero-order valence-electron chi connectivity index (χ0n) is 10.2. The number of nitrogens with zero attached hydrogens (tertiary/aromatic N) is 1. The summed E-state index contributed by atoms with van der Waals surface area (Å²) in [5.74, 6) is -0.511. The van der Waals surface area contributed by atoms with Gasteiger partial charge < -0.3 is 9.47 Å². The Kier molecular flexibility index (Phi) is 3.48. The van der Waals surface area contributed by atoms with Crippen LogP contribution in [0.15, 0.2) is 35.2 Å². The number of rotatable bonds is 2. The van der Waals surface area contributed by atoms with Crippen LogP contribution in [0.2, 0.25) is 0 Å². The van der Waals surface area contributed by atoms with Gasteiger partial charge in [-0.1, -0.05) is 18.2 Å². The third-order valence-electron chi connectivity index (χ3n) is 3.38. The van der Waals surface area contributed by atoms with Crippen molar-refractivity contribution in [2.24, 2.45) is 0 Å². The second kappa shape index (κ2) is 5.09. The molecule has 1 aromatic rings. The normalized spacial score (nSPS) is 25.3. The van der Waals surface area contributed by atoms with Gasteiger partial charge in [-0.3, -0.25) is 0 Å². The van der Waals surface area contributed by atoms with Crippen molar-refractivity contribution in [1.29, 1.82) is 0 Å². The van der Waals surface area contributed by atoms with E-state index in [4.69, 9.17) is 9.47 Å². The Bertz CT molecular complexity index is 431. The van der Waals surface area contributed by atoms with Gasteiger partial charge in [-0.2, -0.15) is 0 Å². The van der Waals surface area contributed by atoms with Gasteiger partial charge in [0.05, 0.1) is 24.7 Å². The van der Waals surface area contributed by atoms with Crippen LogP contribution in [-0.4, -0.2) is 40.6 Å². The molecule has 2 aliphatic rings. The fourth-order valence-corrected chi connectivity index (χ4v) is 3.81. The van der Waals surface area contributed by atoms with Crippen molar-refractivity contribution >= 4 is 11.0 Å². The standard InChI is InChI=1S/C13H17NO3S/c15-18(12-5-2-1-3-6-12)14-8-4-7-13(11-14)16-9-10-17-13/h1-3,5-6H,4,7-11H2. The van der Waals surface area contributed by atoms with Crippen molar-refractivity contribution in [3.8, 4) is 0 Å². The fraction of sp³-hybridized carbons (Fsp3) is 0.538. The van der Waals surface area contributed by atoms with E-state index in [1.807, 2.05) is 34.6 Å². The van der Waals surface area contributed by atoms with Gasteiger partial charge in [-0.05, 0) is 18.6 Å². The lowest BCUT2D eigenvalue weighted by molar-refractivity contribution is -0.178. The summed E-state index contributed by atoms with van der Waals surface area (Å²) in [6.45, 7) is 2.71. The van der Waals surface area contributed by atoms with Crippen LogP contribution in [0.25, 0.3) is 0 Å². The molecule has 0 saturated carbocycles. The van der Waals surface area contributed by atoms with Gasteiger partial charge in [0.2, 0.25) is 0 Å². The van der Waals surface area contributed by atoms with Crippen LogP contribution >= 0.6 is 0 Å². The van der Waals surface area contributed by atoms with Crippen molar-refractivity contribution in [2.75, 3.05) is 26.3 Å². The molecule has 1 unspecified atom stereocenters. The van der Waals surface area contributed by atoms with Crippen molar-refractivity contribution < 1.29 is 13.7 Å². The average Bonchev–Trinajstić information content (AvgIpc) is 2.87. The zero-order valence-corrected chi connectivity index (χ0v) is 11.0. The first-order chi connectivity index (χ1) is 8.79. The summed E-state index contributed by atoms with van der Waals surface area (Å²) >= 11 is 0. The Morgan fingerprint density at radius 3 is 2.61 bits per heavy atom. The summed E-state index contributed by atoms with van der Waals surface area (Å²) in [5, 5.41) is 0. The Balaban J connectivity index is 1.74. The molecule has 3 rings (SSSR count). The predicted molar refractivity (Wildman–Crippen MR) is 68.3 cm³/mol. The Morgan fingerprint density at radius 2 is 1.89 bits per heavy atom. The van der Waals surface area contributed by atoms with Gasteiger partial charge in [0.1, 0.15) is 11.0 Å². The van der Waals surface area contributed by atoms with E-state index < -0.39 is 16.8 Å². The molecule has 0 aliphatic carbocycles. The molecule has 1 aromatic carbocycles. The molecule has 0 aromatic heterocycles. The molecule has 2 heterocycles. The molecule has 1 atom stereocenters. The molecule has 0 radical (unpaired) electrons. The van der Waals surface area contributed by atoms with Crippen molar-refractivity contribution in [3.05, 3.63) is 30.3 Å². The molecule has 2 saturated heterocycles. The first kappa shape index (κ1) is 12.3. The Hall–Kier alpha value is -0.750. The minimum absolute atomic E-state index is 0.511. The highest BCUT2D eigenvalue weighted by Crippen LogP contribution is 2.31. The SMILES string of the molecule is O=S(c1ccccc1)N1CCCC2(C1)OCCO2. The number of piperidine rings is 1.